The van der Waals surface area contributed by atoms with Crippen LogP contribution >= 0.6 is 27.7 Å². The quantitative estimate of drug-likeness (QED) is 0.678. The Kier molecular flexibility index (Phi) is 6.53. The predicted octanol–water partition coefficient (Wildman–Crippen LogP) is 4.14. The van der Waals surface area contributed by atoms with Gasteiger partial charge in [0, 0.05) is 6.92 Å². The lowest BCUT2D eigenvalue weighted by Gasteiger charge is -2.14. The average molecular weight is 461 g/mol. The molecule has 1 aliphatic heterocycles. The molecule has 0 bridgehead atoms. The van der Waals surface area contributed by atoms with E-state index in [4.69, 9.17) is 9.47 Å². The minimum Gasteiger partial charge on any atom is -0.493 e. The molecule has 0 unspecified atom stereocenters. The van der Waals surface area contributed by atoms with Crippen LogP contribution in [-0.2, 0) is 16.2 Å². The third-order valence-electron chi connectivity index (χ3n) is 3.68. The van der Waals surface area contributed by atoms with Crippen LogP contribution in [0.3, 0.4) is 0 Å². The third-order valence-corrected chi connectivity index (χ3v) is 5.17. The fourth-order valence-corrected chi connectivity index (χ4v) is 3.89. The van der Waals surface area contributed by atoms with Gasteiger partial charge in [-0.3, -0.25) is 9.59 Å². The molecular formula is C20H17BrN2O4S. The third kappa shape index (κ3) is 5.02. The van der Waals surface area contributed by atoms with Gasteiger partial charge in [0.15, 0.2) is 16.7 Å². The number of carbonyl (C=O) groups excluding carboxylic acids is 2. The molecule has 1 aliphatic rings. The largest absolute Gasteiger partial charge is 0.493 e. The van der Waals surface area contributed by atoms with Crippen LogP contribution in [-0.4, -0.2) is 24.1 Å². The van der Waals surface area contributed by atoms with Crippen LogP contribution in [0.2, 0.25) is 0 Å². The summed E-state index contributed by atoms with van der Waals surface area (Å²) in [5.41, 5.74) is 1.78. The lowest BCUT2D eigenvalue weighted by molar-refractivity contribution is -0.117. The summed E-state index contributed by atoms with van der Waals surface area (Å²) in [6, 6.07) is 13.4. The van der Waals surface area contributed by atoms with Crippen molar-refractivity contribution in [3.8, 4) is 11.5 Å². The van der Waals surface area contributed by atoms with Crippen LogP contribution in [0.1, 0.15) is 18.1 Å². The van der Waals surface area contributed by atoms with Gasteiger partial charge in [-0.15, -0.1) is 0 Å². The van der Waals surface area contributed by atoms with Gasteiger partial charge >= 0.3 is 0 Å². The van der Waals surface area contributed by atoms with E-state index in [-0.39, 0.29) is 11.1 Å². The molecule has 144 valence electrons. The second kappa shape index (κ2) is 9.07. The molecule has 0 saturated carbocycles. The smallest absolute Gasteiger partial charge is 0.286 e. The maximum atomic E-state index is 12.0. The number of ether oxygens (including phenoxy) is 2. The molecule has 28 heavy (non-hydrogen) atoms. The number of rotatable bonds is 5. The van der Waals surface area contributed by atoms with Crippen molar-refractivity contribution in [3.63, 3.8) is 0 Å². The zero-order chi connectivity index (χ0) is 20.1. The SMILES string of the molecule is COc1cc(C=C2SC(NC(C)=O)=NC2=O)cc(Br)c1OCc1ccccc1. The highest BCUT2D eigenvalue weighted by atomic mass is 79.9. The number of nitrogens with zero attached hydrogens (tertiary/aromatic N) is 1. The van der Waals surface area contributed by atoms with Crippen molar-refractivity contribution in [2.24, 2.45) is 4.99 Å². The van der Waals surface area contributed by atoms with Crippen molar-refractivity contribution in [1.82, 2.24) is 5.32 Å². The molecule has 1 N–H and O–H groups in total. The van der Waals surface area contributed by atoms with E-state index in [0.29, 0.717) is 27.5 Å². The Labute approximate surface area is 175 Å². The van der Waals surface area contributed by atoms with Crippen molar-refractivity contribution < 1.29 is 19.1 Å². The van der Waals surface area contributed by atoms with Crippen LogP contribution in [0.5, 0.6) is 11.5 Å². The molecule has 2 amide bonds. The number of hydrogen-bond acceptors (Lipinski definition) is 5. The van der Waals surface area contributed by atoms with E-state index >= 15 is 0 Å². The Morgan fingerprint density at radius 2 is 2.04 bits per heavy atom. The Hall–Kier alpha value is -2.58. The zero-order valence-corrected chi connectivity index (χ0v) is 17.6. The first-order valence-electron chi connectivity index (χ1n) is 8.30. The van der Waals surface area contributed by atoms with E-state index in [9.17, 15) is 9.59 Å². The fourth-order valence-electron chi connectivity index (χ4n) is 2.46. The highest BCUT2D eigenvalue weighted by Crippen LogP contribution is 2.38. The number of aliphatic imine (C=N–C) groups is 1. The van der Waals surface area contributed by atoms with Crippen molar-refractivity contribution in [2.45, 2.75) is 13.5 Å². The summed E-state index contributed by atoms with van der Waals surface area (Å²) in [5, 5.41) is 2.80. The first kappa shape index (κ1) is 20.2. The summed E-state index contributed by atoms with van der Waals surface area (Å²) in [6.45, 7) is 1.77. The minimum absolute atomic E-state index is 0.273. The topological polar surface area (TPSA) is 77.0 Å². The normalized spacial score (nSPS) is 14.8. The number of nitrogens with one attached hydrogen (secondary N) is 1. The van der Waals surface area contributed by atoms with Gasteiger partial charge in [-0.1, -0.05) is 30.3 Å². The Bertz CT molecular complexity index is 974. The van der Waals surface area contributed by atoms with E-state index < -0.39 is 5.91 Å². The lowest BCUT2D eigenvalue weighted by Crippen LogP contribution is -2.23. The van der Waals surface area contributed by atoms with Gasteiger partial charge in [0.05, 0.1) is 16.5 Å². The summed E-state index contributed by atoms with van der Waals surface area (Å²) in [7, 11) is 1.56. The van der Waals surface area contributed by atoms with Gasteiger partial charge in [-0.2, -0.15) is 4.99 Å². The molecule has 1 heterocycles. The van der Waals surface area contributed by atoms with Gasteiger partial charge in [0.2, 0.25) is 5.91 Å². The van der Waals surface area contributed by atoms with Crippen molar-refractivity contribution in [2.75, 3.05) is 7.11 Å². The first-order chi connectivity index (χ1) is 13.5. The van der Waals surface area contributed by atoms with E-state index in [1.165, 1.54) is 6.92 Å². The number of amidine groups is 1. The van der Waals surface area contributed by atoms with Gasteiger partial charge in [-0.05, 0) is 57.0 Å². The average Bonchev–Trinajstić information content (AvgIpc) is 2.99. The standard InChI is InChI=1S/C20H17BrN2O4S/c1-12(24)22-20-23-19(25)17(28-20)10-14-8-15(21)18(16(9-14)26-2)27-11-13-6-4-3-5-7-13/h3-10H,11H2,1-2H3,(H,22,23,24,25). The predicted molar refractivity (Wildman–Crippen MR) is 113 cm³/mol. The second-order valence-electron chi connectivity index (χ2n) is 5.82. The maximum absolute atomic E-state index is 12.0. The lowest BCUT2D eigenvalue weighted by atomic mass is 10.2. The van der Waals surface area contributed by atoms with Crippen LogP contribution < -0.4 is 14.8 Å². The molecule has 2 aromatic rings. The molecule has 0 aliphatic carbocycles. The number of hydrogen-bond donors (Lipinski definition) is 1. The van der Waals surface area contributed by atoms with Crippen molar-refractivity contribution in [3.05, 3.63) is 63.0 Å². The van der Waals surface area contributed by atoms with Crippen LogP contribution in [0.25, 0.3) is 6.08 Å². The summed E-state index contributed by atoms with van der Waals surface area (Å²) in [6.07, 6.45) is 1.69. The summed E-state index contributed by atoms with van der Waals surface area (Å²) in [4.78, 5) is 27.4. The molecule has 6 nitrogen and oxygen atoms in total. The van der Waals surface area contributed by atoms with E-state index in [2.05, 4.69) is 26.2 Å². The number of benzene rings is 2. The molecule has 2 aromatic carbocycles. The molecule has 3 rings (SSSR count). The highest BCUT2D eigenvalue weighted by Gasteiger charge is 2.23. The van der Waals surface area contributed by atoms with Crippen LogP contribution in [0.15, 0.2) is 56.8 Å². The fraction of sp³-hybridized carbons (Fsp3) is 0.150. The Morgan fingerprint density at radius 1 is 1.29 bits per heavy atom. The zero-order valence-electron chi connectivity index (χ0n) is 15.2. The second-order valence-corrected chi connectivity index (χ2v) is 7.71. The minimum atomic E-state index is -0.395. The summed E-state index contributed by atoms with van der Waals surface area (Å²) in [5.74, 6) is 0.447. The van der Waals surface area contributed by atoms with Gasteiger partial charge < -0.3 is 14.8 Å². The molecule has 0 radical (unpaired) electrons. The molecule has 0 aromatic heterocycles. The number of thioether (sulfide) groups is 1. The van der Waals surface area contributed by atoms with Gasteiger partial charge in [0.1, 0.15) is 6.61 Å². The molecule has 0 saturated heterocycles. The molecular weight excluding hydrogens is 444 g/mol. The number of methoxy groups -OCH3 is 1. The summed E-state index contributed by atoms with van der Waals surface area (Å²) < 4.78 is 12.1. The highest BCUT2D eigenvalue weighted by molar-refractivity contribution is 9.10. The van der Waals surface area contributed by atoms with Crippen molar-refractivity contribution in [1.29, 1.82) is 0 Å². The molecule has 8 heteroatoms. The van der Waals surface area contributed by atoms with Crippen LogP contribution in [0.4, 0.5) is 0 Å². The monoisotopic (exact) mass is 460 g/mol. The van der Waals surface area contributed by atoms with Gasteiger partial charge in [0.25, 0.3) is 5.91 Å². The molecule has 0 spiro atoms. The number of carbonyl (C=O) groups is 2. The first-order valence-corrected chi connectivity index (χ1v) is 9.91. The van der Waals surface area contributed by atoms with Crippen molar-refractivity contribution >= 4 is 50.7 Å². The Balaban J connectivity index is 1.80. The summed E-state index contributed by atoms with van der Waals surface area (Å²) >= 11 is 4.63. The number of amides is 2. The number of halogens is 1. The Morgan fingerprint density at radius 3 is 2.71 bits per heavy atom. The van der Waals surface area contributed by atoms with Gasteiger partial charge in [-0.25, -0.2) is 0 Å². The molecule has 0 fully saturated rings. The van der Waals surface area contributed by atoms with E-state index in [1.807, 2.05) is 36.4 Å². The van der Waals surface area contributed by atoms with Crippen LogP contribution in [0, 0.1) is 0 Å². The van der Waals surface area contributed by atoms with E-state index in [1.54, 1.807) is 19.3 Å². The maximum Gasteiger partial charge on any atom is 0.286 e. The molecule has 0 atom stereocenters. The van der Waals surface area contributed by atoms with E-state index in [0.717, 1.165) is 22.9 Å².